The molecule has 1 rings (SSSR count). The average molecular weight is 319 g/mol. The standard InChI is InChI=1S/C19H29NO3/c20-18(21)14-10-5-3-1-2-4-9-13-17(19(22)23)15-16-11-7-6-8-12-16/h6-8,11-12,17H,1-5,9-10,13-15H2,(H2,20,21)(H,22,23)/t17-/m1/s1. The summed E-state index contributed by atoms with van der Waals surface area (Å²) in [5, 5.41) is 9.34. The van der Waals surface area contributed by atoms with Gasteiger partial charge < -0.3 is 10.8 Å². The van der Waals surface area contributed by atoms with Gasteiger partial charge in [0.05, 0.1) is 5.92 Å². The quantitative estimate of drug-likeness (QED) is 0.541. The molecule has 0 aliphatic carbocycles. The second-order valence-corrected chi connectivity index (χ2v) is 6.20. The number of carboxylic acids is 1. The molecule has 0 saturated carbocycles. The van der Waals surface area contributed by atoms with E-state index in [1.54, 1.807) is 0 Å². The van der Waals surface area contributed by atoms with E-state index in [1.807, 2.05) is 30.3 Å². The van der Waals surface area contributed by atoms with E-state index in [4.69, 9.17) is 5.73 Å². The second-order valence-electron chi connectivity index (χ2n) is 6.20. The predicted molar refractivity (Wildman–Crippen MR) is 92.0 cm³/mol. The van der Waals surface area contributed by atoms with Gasteiger partial charge in [0, 0.05) is 6.42 Å². The van der Waals surface area contributed by atoms with E-state index in [0.29, 0.717) is 12.8 Å². The maximum absolute atomic E-state index is 11.4. The highest BCUT2D eigenvalue weighted by Crippen LogP contribution is 2.17. The highest BCUT2D eigenvalue weighted by Gasteiger charge is 2.17. The van der Waals surface area contributed by atoms with Crippen LogP contribution in [0.4, 0.5) is 0 Å². The van der Waals surface area contributed by atoms with Gasteiger partial charge in [0.15, 0.2) is 0 Å². The molecule has 3 N–H and O–H groups in total. The van der Waals surface area contributed by atoms with Crippen molar-refractivity contribution in [1.82, 2.24) is 0 Å². The molecule has 0 aliphatic heterocycles. The molecule has 4 nitrogen and oxygen atoms in total. The molecular weight excluding hydrogens is 290 g/mol. The molecule has 0 fully saturated rings. The number of hydrogen-bond acceptors (Lipinski definition) is 2. The fourth-order valence-corrected chi connectivity index (χ4v) is 2.79. The van der Waals surface area contributed by atoms with Crippen molar-refractivity contribution in [3.8, 4) is 0 Å². The van der Waals surface area contributed by atoms with E-state index >= 15 is 0 Å². The van der Waals surface area contributed by atoms with E-state index in [9.17, 15) is 14.7 Å². The number of unbranched alkanes of at least 4 members (excludes halogenated alkanes) is 6. The number of carbonyl (C=O) groups excluding carboxylic acids is 1. The molecule has 1 amide bonds. The summed E-state index contributed by atoms with van der Waals surface area (Å²) in [5.41, 5.74) is 6.19. The van der Waals surface area contributed by atoms with Gasteiger partial charge in [-0.1, -0.05) is 68.9 Å². The van der Waals surface area contributed by atoms with Crippen LogP contribution in [0.1, 0.15) is 63.4 Å². The summed E-state index contributed by atoms with van der Waals surface area (Å²) >= 11 is 0. The van der Waals surface area contributed by atoms with Crippen LogP contribution in [-0.4, -0.2) is 17.0 Å². The molecule has 1 atom stereocenters. The van der Waals surface area contributed by atoms with Crippen LogP contribution in [-0.2, 0) is 16.0 Å². The minimum atomic E-state index is -0.694. The summed E-state index contributed by atoms with van der Waals surface area (Å²) in [6.07, 6.45) is 9.22. The summed E-state index contributed by atoms with van der Waals surface area (Å²) in [6, 6.07) is 9.83. The van der Waals surface area contributed by atoms with Crippen LogP contribution in [0, 0.1) is 5.92 Å². The number of benzene rings is 1. The van der Waals surface area contributed by atoms with Crippen molar-refractivity contribution in [2.24, 2.45) is 11.7 Å². The Bertz CT molecular complexity index is 459. The summed E-state index contributed by atoms with van der Waals surface area (Å²) in [4.78, 5) is 22.0. The van der Waals surface area contributed by atoms with Crippen molar-refractivity contribution in [2.75, 3.05) is 0 Å². The minimum absolute atomic E-state index is 0.219. The molecule has 4 heteroatoms. The molecule has 0 aromatic heterocycles. The summed E-state index contributed by atoms with van der Waals surface area (Å²) in [5.74, 6) is -1.20. The molecule has 1 aromatic rings. The third kappa shape index (κ3) is 9.72. The van der Waals surface area contributed by atoms with E-state index in [2.05, 4.69) is 0 Å². The Morgan fingerprint density at radius 3 is 2.04 bits per heavy atom. The van der Waals surface area contributed by atoms with E-state index < -0.39 is 5.97 Å². The number of amides is 1. The van der Waals surface area contributed by atoms with E-state index in [1.165, 1.54) is 0 Å². The van der Waals surface area contributed by atoms with Crippen molar-refractivity contribution in [3.63, 3.8) is 0 Å². The van der Waals surface area contributed by atoms with Crippen molar-refractivity contribution in [1.29, 1.82) is 0 Å². The second kappa shape index (κ2) is 11.7. The highest BCUT2D eigenvalue weighted by atomic mass is 16.4. The van der Waals surface area contributed by atoms with Crippen molar-refractivity contribution in [2.45, 2.75) is 64.2 Å². The Morgan fingerprint density at radius 1 is 0.913 bits per heavy atom. The first kappa shape index (κ1) is 19.2. The highest BCUT2D eigenvalue weighted by molar-refractivity contribution is 5.73. The summed E-state index contributed by atoms with van der Waals surface area (Å²) in [6.45, 7) is 0. The number of aliphatic carboxylic acids is 1. The van der Waals surface area contributed by atoms with Gasteiger partial charge in [0.25, 0.3) is 0 Å². The zero-order valence-corrected chi connectivity index (χ0v) is 13.9. The normalized spacial score (nSPS) is 12.0. The zero-order chi connectivity index (χ0) is 16.9. The molecule has 0 saturated heterocycles. The lowest BCUT2D eigenvalue weighted by Crippen LogP contribution is -2.16. The van der Waals surface area contributed by atoms with Gasteiger partial charge in [0.2, 0.25) is 5.91 Å². The molecule has 0 unspecified atom stereocenters. The van der Waals surface area contributed by atoms with Crippen LogP contribution in [0.2, 0.25) is 0 Å². The Hall–Kier alpha value is -1.84. The first-order valence-electron chi connectivity index (χ1n) is 8.64. The largest absolute Gasteiger partial charge is 0.481 e. The zero-order valence-electron chi connectivity index (χ0n) is 13.9. The van der Waals surface area contributed by atoms with E-state index in [-0.39, 0.29) is 11.8 Å². The van der Waals surface area contributed by atoms with Crippen LogP contribution in [0.25, 0.3) is 0 Å². The Kier molecular flexibility index (Phi) is 9.76. The molecule has 1 aromatic carbocycles. The monoisotopic (exact) mass is 319 g/mol. The number of nitrogens with two attached hydrogens (primary N) is 1. The van der Waals surface area contributed by atoms with Crippen LogP contribution >= 0.6 is 0 Å². The maximum Gasteiger partial charge on any atom is 0.306 e. The van der Waals surface area contributed by atoms with Crippen LogP contribution in [0.5, 0.6) is 0 Å². The fraction of sp³-hybridized carbons (Fsp3) is 0.579. The lowest BCUT2D eigenvalue weighted by Gasteiger charge is -2.12. The van der Waals surface area contributed by atoms with Gasteiger partial charge in [-0.3, -0.25) is 9.59 Å². The molecule has 0 aliphatic rings. The van der Waals surface area contributed by atoms with Crippen molar-refractivity contribution >= 4 is 11.9 Å². The number of carboxylic acid groups (broad SMARTS) is 1. The molecule has 0 radical (unpaired) electrons. The maximum atomic E-state index is 11.4. The Labute approximate surface area is 139 Å². The lowest BCUT2D eigenvalue weighted by atomic mass is 9.93. The first-order valence-corrected chi connectivity index (χ1v) is 8.64. The van der Waals surface area contributed by atoms with Gasteiger partial charge in [0.1, 0.15) is 0 Å². The third-order valence-corrected chi connectivity index (χ3v) is 4.15. The molecular formula is C19H29NO3. The van der Waals surface area contributed by atoms with Gasteiger partial charge in [-0.25, -0.2) is 0 Å². The lowest BCUT2D eigenvalue weighted by molar-refractivity contribution is -0.142. The Balaban J connectivity index is 2.10. The topological polar surface area (TPSA) is 80.4 Å². The fourth-order valence-electron chi connectivity index (χ4n) is 2.79. The molecule has 0 heterocycles. The minimum Gasteiger partial charge on any atom is -0.481 e. The molecule has 128 valence electrons. The van der Waals surface area contributed by atoms with Gasteiger partial charge >= 0.3 is 5.97 Å². The predicted octanol–water partition coefficient (Wildman–Crippen LogP) is 3.93. The number of hydrogen-bond donors (Lipinski definition) is 2. The van der Waals surface area contributed by atoms with Gasteiger partial charge in [-0.15, -0.1) is 0 Å². The van der Waals surface area contributed by atoms with Crippen LogP contribution in [0.15, 0.2) is 30.3 Å². The number of carbonyl (C=O) groups is 2. The first-order chi connectivity index (χ1) is 11.1. The van der Waals surface area contributed by atoms with Crippen LogP contribution < -0.4 is 5.73 Å². The summed E-state index contributed by atoms with van der Waals surface area (Å²) < 4.78 is 0. The number of primary amides is 1. The smallest absolute Gasteiger partial charge is 0.306 e. The SMILES string of the molecule is NC(=O)CCCCCCCCC[C@H](Cc1ccccc1)C(=O)O. The van der Waals surface area contributed by atoms with Crippen molar-refractivity contribution < 1.29 is 14.7 Å². The summed E-state index contributed by atoms with van der Waals surface area (Å²) in [7, 11) is 0. The molecule has 23 heavy (non-hydrogen) atoms. The Morgan fingerprint density at radius 2 is 1.48 bits per heavy atom. The average Bonchev–Trinajstić information content (AvgIpc) is 2.52. The van der Waals surface area contributed by atoms with Gasteiger partial charge in [-0.05, 0) is 24.8 Å². The van der Waals surface area contributed by atoms with E-state index in [0.717, 1.165) is 56.9 Å². The molecule has 0 spiro atoms. The van der Waals surface area contributed by atoms with Crippen LogP contribution in [0.3, 0.4) is 0 Å². The third-order valence-electron chi connectivity index (χ3n) is 4.15. The molecule has 0 bridgehead atoms. The van der Waals surface area contributed by atoms with Gasteiger partial charge in [-0.2, -0.15) is 0 Å². The van der Waals surface area contributed by atoms with Crippen molar-refractivity contribution in [3.05, 3.63) is 35.9 Å². The number of rotatable bonds is 13.